The molecule has 1 heterocycles. The molecule has 1 atom stereocenters. The number of hydrogen-bond donors (Lipinski definition) is 2. The molecule has 1 unspecified atom stereocenters. The number of nitrogens with zero attached hydrogens (tertiary/aromatic N) is 2. The Bertz CT molecular complexity index is 160. The standard InChI is InChI=1S/C11H25N3O/c1-3-6-13(2)9-11(15)10-14-7-4-12-5-8-14/h11-12,15H,3-10H2,1-2H3. The first-order valence-electron chi connectivity index (χ1n) is 6.02. The Labute approximate surface area is 93.2 Å². The highest BCUT2D eigenvalue weighted by Crippen LogP contribution is 1.97. The lowest BCUT2D eigenvalue weighted by Crippen LogP contribution is -2.48. The maximum Gasteiger partial charge on any atom is 0.0793 e. The molecule has 0 aliphatic carbocycles. The van der Waals surface area contributed by atoms with E-state index in [1.54, 1.807) is 0 Å². The smallest absolute Gasteiger partial charge is 0.0793 e. The van der Waals surface area contributed by atoms with Crippen LogP contribution >= 0.6 is 0 Å². The highest BCUT2D eigenvalue weighted by molar-refractivity contribution is 4.72. The first-order chi connectivity index (χ1) is 7.22. The third-order valence-corrected chi connectivity index (χ3v) is 2.81. The van der Waals surface area contributed by atoms with E-state index in [4.69, 9.17) is 0 Å². The molecule has 90 valence electrons. The predicted octanol–water partition coefficient (Wildman–Crippen LogP) is -0.406. The minimum atomic E-state index is -0.209. The molecule has 4 heteroatoms. The quantitative estimate of drug-likeness (QED) is 0.632. The van der Waals surface area contributed by atoms with Crippen molar-refractivity contribution in [3.63, 3.8) is 0 Å². The lowest BCUT2D eigenvalue weighted by Gasteiger charge is -2.30. The summed E-state index contributed by atoms with van der Waals surface area (Å²) in [5, 5.41) is 13.2. The van der Waals surface area contributed by atoms with Crippen molar-refractivity contribution >= 4 is 0 Å². The van der Waals surface area contributed by atoms with Gasteiger partial charge in [-0.3, -0.25) is 4.90 Å². The van der Waals surface area contributed by atoms with Crippen LogP contribution in [0.1, 0.15) is 13.3 Å². The van der Waals surface area contributed by atoms with Gasteiger partial charge in [-0.1, -0.05) is 6.92 Å². The Morgan fingerprint density at radius 2 is 2.07 bits per heavy atom. The van der Waals surface area contributed by atoms with Crippen molar-refractivity contribution < 1.29 is 5.11 Å². The number of β-amino-alcohol motifs (C(OH)–C–C–N with tert-alkyl or cyclic N) is 1. The third-order valence-electron chi connectivity index (χ3n) is 2.81. The van der Waals surface area contributed by atoms with E-state index in [1.807, 2.05) is 0 Å². The van der Waals surface area contributed by atoms with Crippen LogP contribution in [-0.2, 0) is 0 Å². The molecule has 1 aliphatic heterocycles. The Morgan fingerprint density at radius 1 is 1.40 bits per heavy atom. The molecule has 0 spiro atoms. The van der Waals surface area contributed by atoms with E-state index in [2.05, 4.69) is 29.1 Å². The highest BCUT2D eigenvalue weighted by atomic mass is 16.3. The van der Waals surface area contributed by atoms with E-state index in [1.165, 1.54) is 0 Å². The maximum atomic E-state index is 9.89. The normalized spacial score (nSPS) is 20.8. The summed E-state index contributed by atoms with van der Waals surface area (Å²) in [5.74, 6) is 0. The van der Waals surface area contributed by atoms with E-state index < -0.39 is 0 Å². The zero-order valence-corrected chi connectivity index (χ0v) is 10.1. The van der Waals surface area contributed by atoms with Crippen molar-refractivity contribution in [2.75, 3.05) is 52.9 Å². The van der Waals surface area contributed by atoms with Gasteiger partial charge in [0.15, 0.2) is 0 Å². The van der Waals surface area contributed by atoms with Crippen molar-refractivity contribution in [3.05, 3.63) is 0 Å². The van der Waals surface area contributed by atoms with Crippen LogP contribution in [0.2, 0.25) is 0 Å². The molecule has 1 fully saturated rings. The van der Waals surface area contributed by atoms with E-state index in [0.717, 1.165) is 52.2 Å². The van der Waals surface area contributed by atoms with Crippen LogP contribution < -0.4 is 5.32 Å². The Morgan fingerprint density at radius 3 is 2.67 bits per heavy atom. The van der Waals surface area contributed by atoms with Gasteiger partial charge in [0.1, 0.15) is 0 Å². The van der Waals surface area contributed by atoms with Gasteiger partial charge in [-0.15, -0.1) is 0 Å². The molecule has 0 aromatic heterocycles. The van der Waals surface area contributed by atoms with Gasteiger partial charge in [-0.2, -0.15) is 0 Å². The highest BCUT2D eigenvalue weighted by Gasteiger charge is 2.15. The summed E-state index contributed by atoms with van der Waals surface area (Å²) in [6.07, 6.45) is 0.941. The summed E-state index contributed by atoms with van der Waals surface area (Å²) in [6.45, 7) is 9.07. The number of nitrogens with one attached hydrogen (secondary N) is 1. The van der Waals surface area contributed by atoms with Crippen LogP contribution in [0.15, 0.2) is 0 Å². The average molecular weight is 215 g/mol. The molecule has 4 nitrogen and oxygen atoms in total. The van der Waals surface area contributed by atoms with Crippen molar-refractivity contribution in [2.45, 2.75) is 19.4 Å². The van der Waals surface area contributed by atoms with Crippen molar-refractivity contribution in [1.82, 2.24) is 15.1 Å². The second kappa shape index (κ2) is 7.17. The topological polar surface area (TPSA) is 38.7 Å². The second-order valence-corrected chi connectivity index (χ2v) is 4.47. The second-order valence-electron chi connectivity index (χ2n) is 4.47. The maximum absolute atomic E-state index is 9.89. The molecule has 0 amide bonds. The van der Waals surface area contributed by atoms with Crippen LogP contribution in [0, 0.1) is 0 Å². The fourth-order valence-corrected chi connectivity index (χ4v) is 2.08. The number of aliphatic hydroxyl groups is 1. The first kappa shape index (κ1) is 12.9. The number of likely N-dealkylation sites (N-methyl/N-ethyl adjacent to an activating group) is 1. The van der Waals surface area contributed by atoms with Gasteiger partial charge < -0.3 is 15.3 Å². The van der Waals surface area contributed by atoms with Gasteiger partial charge in [0.2, 0.25) is 0 Å². The van der Waals surface area contributed by atoms with Gasteiger partial charge in [0.25, 0.3) is 0 Å². The average Bonchev–Trinajstić information content (AvgIpc) is 2.19. The number of aliphatic hydroxyl groups excluding tert-OH is 1. The SMILES string of the molecule is CCCN(C)CC(O)CN1CCNCC1. The fraction of sp³-hybridized carbons (Fsp3) is 1.00. The molecule has 0 aromatic rings. The van der Waals surface area contributed by atoms with Gasteiger partial charge >= 0.3 is 0 Å². The monoisotopic (exact) mass is 215 g/mol. The molecule has 1 aliphatic rings. The molecule has 0 bridgehead atoms. The van der Waals surface area contributed by atoms with Crippen LogP contribution in [0.25, 0.3) is 0 Å². The largest absolute Gasteiger partial charge is 0.390 e. The Hall–Kier alpha value is -0.160. The molecular formula is C11H25N3O. The summed E-state index contributed by atoms with van der Waals surface area (Å²) in [5.41, 5.74) is 0. The molecule has 0 saturated carbocycles. The number of rotatable bonds is 6. The van der Waals surface area contributed by atoms with Crippen LogP contribution in [0.5, 0.6) is 0 Å². The summed E-state index contributed by atoms with van der Waals surface area (Å²) in [4.78, 5) is 4.54. The van der Waals surface area contributed by atoms with Gasteiger partial charge in [-0.25, -0.2) is 0 Å². The minimum Gasteiger partial charge on any atom is -0.390 e. The fourth-order valence-electron chi connectivity index (χ4n) is 2.08. The lowest BCUT2D eigenvalue weighted by molar-refractivity contribution is 0.0771. The third kappa shape index (κ3) is 5.47. The van der Waals surface area contributed by atoms with Gasteiger partial charge in [0, 0.05) is 39.3 Å². The van der Waals surface area contributed by atoms with Crippen molar-refractivity contribution in [2.24, 2.45) is 0 Å². The minimum absolute atomic E-state index is 0.209. The van der Waals surface area contributed by atoms with E-state index in [-0.39, 0.29) is 6.10 Å². The zero-order chi connectivity index (χ0) is 11.1. The van der Waals surface area contributed by atoms with E-state index in [0.29, 0.717) is 0 Å². The summed E-state index contributed by atoms with van der Waals surface area (Å²) < 4.78 is 0. The van der Waals surface area contributed by atoms with Crippen molar-refractivity contribution in [3.8, 4) is 0 Å². The molecule has 15 heavy (non-hydrogen) atoms. The van der Waals surface area contributed by atoms with Crippen molar-refractivity contribution in [1.29, 1.82) is 0 Å². The molecule has 0 radical (unpaired) electrons. The van der Waals surface area contributed by atoms with E-state index >= 15 is 0 Å². The number of hydrogen-bond acceptors (Lipinski definition) is 4. The summed E-state index contributed by atoms with van der Waals surface area (Å²) in [7, 11) is 2.07. The lowest BCUT2D eigenvalue weighted by atomic mass is 10.2. The number of piperazine rings is 1. The zero-order valence-electron chi connectivity index (χ0n) is 10.1. The molecule has 0 aromatic carbocycles. The molecule has 2 N–H and O–H groups in total. The van der Waals surface area contributed by atoms with Crippen LogP contribution in [0.3, 0.4) is 0 Å². The van der Waals surface area contributed by atoms with Crippen LogP contribution in [-0.4, -0.2) is 73.9 Å². The first-order valence-corrected chi connectivity index (χ1v) is 6.02. The Balaban J connectivity index is 2.13. The summed E-state index contributed by atoms with van der Waals surface area (Å²) in [6, 6.07) is 0. The predicted molar refractivity (Wildman–Crippen MR) is 63.1 cm³/mol. The molecular weight excluding hydrogens is 190 g/mol. The van der Waals surface area contributed by atoms with Gasteiger partial charge in [0.05, 0.1) is 6.10 Å². The van der Waals surface area contributed by atoms with E-state index in [9.17, 15) is 5.11 Å². The molecule has 1 saturated heterocycles. The van der Waals surface area contributed by atoms with Gasteiger partial charge in [-0.05, 0) is 20.0 Å². The summed E-state index contributed by atoms with van der Waals surface area (Å²) >= 11 is 0. The molecule has 1 rings (SSSR count). The Kier molecular flexibility index (Phi) is 6.17. The van der Waals surface area contributed by atoms with Crippen LogP contribution in [0.4, 0.5) is 0 Å².